The van der Waals surface area contributed by atoms with E-state index in [2.05, 4.69) is 30.2 Å². The maximum absolute atomic E-state index is 14.5. The van der Waals surface area contributed by atoms with E-state index in [1.807, 2.05) is 18.3 Å². The van der Waals surface area contributed by atoms with Crippen LogP contribution in [0.3, 0.4) is 0 Å². The molecule has 0 spiro atoms. The summed E-state index contributed by atoms with van der Waals surface area (Å²) >= 11 is 0. The number of rotatable bonds is 6. The van der Waals surface area contributed by atoms with Gasteiger partial charge in [0.15, 0.2) is 0 Å². The van der Waals surface area contributed by atoms with Crippen molar-refractivity contribution in [3.8, 4) is 5.88 Å². The van der Waals surface area contributed by atoms with E-state index in [-0.39, 0.29) is 0 Å². The molecule has 2 N–H and O–H groups in total. The highest BCUT2D eigenvalue weighted by Gasteiger charge is 2.10. The Hall–Kier alpha value is -3.55. The Morgan fingerprint density at radius 3 is 2.96 bits per heavy atom. The maximum atomic E-state index is 14.5. The number of H-pyrrole nitrogens is 1. The van der Waals surface area contributed by atoms with E-state index in [4.69, 9.17) is 4.74 Å². The number of anilines is 1. The zero-order chi connectivity index (χ0) is 18.6. The first-order valence-electron chi connectivity index (χ1n) is 8.37. The summed E-state index contributed by atoms with van der Waals surface area (Å²) in [6.45, 7) is 0.491. The van der Waals surface area contributed by atoms with Crippen LogP contribution in [-0.4, -0.2) is 32.0 Å². The molecule has 0 saturated carbocycles. The molecule has 0 saturated heterocycles. The molecule has 0 bridgehead atoms. The average molecular weight is 364 g/mol. The molecule has 4 rings (SSSR count). The van der Waals surface area contributed by atoms with Gasteiger partial charge >= 0.3 is 0 Å². The van der Waals surface area contributed by atoms with Gasteiger partial charge < -0.3 is 15.0 Å². The molecule has 4 aromatic heterocycles. The molecule has 0 amide bonds. The van der Waals surface area contributed by atoms with E-state index in [1.54, 1.807) is 31.6 Å². The van der Waals surface area contributed by atoms with E-state index >= 15 is 0 Å². The standard InChI is InChI=1S/C19H17FN6O/c1-27-17-6-12(4-5-22-17)8-23-16-3-2-13(18(20)26-16)7-14-9-24-19-15(14)10-21-11-25-19/h2-6,9-11H,7-8H2,1H3,(H,23,26)(H,21,24,25). The number of aromatic nitrogens is 5. The van der Waals surface area contributed by atoms with Crippen molar-refractivity contribution in [1.29, 1.82) is 0 Å². The summed E-state index contributed by atoms with van der Waals surface area (Å²) < 4.78 is 19.6. The Morgan fingerprint density at radius 2 is 2.11 bits per heavy atom. The summed E-state index contributed by atoms with van der Waals surface area (Å²) in [6, 6.07) is 7.18. The molecular weight excluding hydrogens is 347 g/mol. The molecule has 4 aromatic rings. The van der Waals surface area contributed by atoms with Crippen LogP contribution in [0.15, 0.2) is 49.2 Å². The Bertz CT molecular complexity index is 1080. The molecule has 27 heavy (non-hydrogen) atoms. The first-order valence-corrected chi connectivity index (χ1v) is 8.37. The third-order valence-corrected chi connectivity index (χ3v) is 4.23. The normalized spacial score (nSPS) is 10.9. The lowest BCUT2D eigenvalue weighted by Crippen LogP contribution is -2.04. The van der Waals surface area contributed by atoms with Gasteiger partial charge in [0.05, 0.1) is 7.11 Å². The van der Waals surface area contributed by atoms with Crippen LogP contribution in [-0.2, 0) is 13.0 Å². The van der Waals surface area contributed by atoms with Gasteiger partial charge in [-0.2, -0.15) is 4.39 Å². The molecule has 4 heterocycles. The van der Waals surface area contributed by atoms with E-state index in [0.29, 0.717) is 30.2 Å². The highest BCUT2D eigenvalue weighted by atomic mass is 19.1. The summed E-state index contributed by atoms with van der Waals surface area (Å²) in [5.74, 6) is 0.499. The number of fused-ring (bicyclic) bond motifs is 1. The summed E-state index contributed by atoms with van der Waals surface area (Å²) in [5.41, 5.74) is 3.14. The van der Waals surface area contributed by atoms with Crippen LogP contribution in [0, 0.1) is 5.95 Å². The van der Waals surface area contributed by atoms with E-state index in [1.165, 1.54) is 6.33 Å². The Morgan fingerprint density at radius 1 is 1.19 bits per heavy atom. The first-order chi connectivity index (χ1) is 13.2. The average Bonchev–Trinajstić information content (AvgIpc) is 3.11. The molecule has 8 heteroatoms. The molecular formula is C19H17FN6O. The van der Waals surface area contributed by atoms with Crippen molar-refractivity contribution in [2.75, 3.05) is 12.4 Å². The number of halogens is 1. The molecule has 7 nitrogen and oxygen atoms in total. The second-order valence-corrected chi connectivity index (χ2v) is 5.98. The van der Waals surface area contributed by atoms with Gasteiger partial charge in [-0.1, -0.05) is 6.07 Å². The van der Waals surface area contributed by atoms with Gasteiger partial charge in [0, 0.05) is 48.6 Å². The number of aromatic amines is 1. The largest absolute Gasteiger partial charge is 0.481 e. The van der Waals surface area contributed by atoms with Gasteiger partial charge in [-0.15, -0.1) is 0 Å². The van der Waals surface area contributed by atoms with Gasteiger partial charge in [0.25, 0.3) is 0 Å². The van der Waals surface area contributed by atoms with Crippen LogP contribution in [0.4, 0.5) is 10.2 Å². The van der Waals surface area contributed by atoms with Crippen LogP contribution in [0.2, 0.25) is 0 Å². The van der Waals surface area contributed by atoms with Crippen molar-refractivity contribution in [2.24, 2.45) is 0 Å². The van der Waals surface area contributed by atoms with Crippen LogP contribution in [0.5, 0.6) is 5.88 Å². The quantitative estimate of drug-likeness (QED) is 0.511. The van der Waals surface area contributed by atoms with E-state index in [0.717, 1.165) is 22.2 Å². The van der Waals surface area contributed by atoms with E-state index < -0.39 is 5.95 Å². The highest BCUT2D eigenvalue weighted by molar-refractivity contribution is 5.78. The van der Waals surface area contributed by atoms with Crippen LogP contribution < -0.4 is 10.1 Å². The Labute approximate surface area is 154 Å². The van der Waals surface area contributed by atoms with Crippen LogP contribution in [0.25, 0.3) is 11.0 Å². The number of methoxy groups -OCH3 is 1. The fourth-order valence-electron chi connectivity index (χ4n) is 2.82. The number of ether oxygens (including phenoxy) is 1. The zero-order valence-electron chi connectivity index (χ0n) is 14.6. The fourth-order valence-corrected chi connectivity index (χ4v) is 2.82. The minimum atomic E-state index is -0.501. The smallest absolute Gasteiger partial charge is 0.218 e. The lowest BCUT2D eigenvalue weighted by molar-refractivity contribution is 0.397. The molecule has 0 atom stereocenters. The van der Waals surface area contributed by atoms with Crippen LogP contribution >= 0.6 is 0 Å². The lowest BCUT2D eigenvalue weighted by Gasteiger charge is -2.08. The molecule has 136 valence electrons. The minimum absolute atomic E-state index is 0.411. The van der Waals surface area contributed by atoms with Gasteiger partial charge in [-0.25, -0.2) is 19.9 Å². The molecule has 0 aromatic carbocycles. The molecule has 0 unspecified atom stereocenters. The third kappa shape index (κ3) is 3.69. The SMILES string of the molecule is COc1cc(CNc2ccc(Cc3c[nH]c4ncncc34)c(F)n2)ccn1. The number of hydrogen-bond acceptors (Lipinski definition) is 6. The molecule has 0 aliphatic rings. The Balaban J connectivity index is 1.47. The van der Waals surface area contributed by atoms with Crippen molar-refractivity contribution in [1.82, 2.24) is 24.9 Å². The predicted octanol–water partition coefficient (Wildman–Crippen LogP) is 3.10. The van der Waals surface area contributed by atoms with Gasteiger partial charge in [0.1, 0.15) is 17.8 Å². The Kier molecular flexibility index (Phi) is 4.61. The zero-order valence-corrected chi connectivity index (χ0v) is 14.6. The topological polar surface area (TPSA) is 88.6 Å². The second kappa shape index (κ2) is 7.36. The number of hydrogen-bond donors (Lipinski definition) is 2. The maximum Gasteiger partial charge on any atom is 0.218 e. The monoisotopic (exact) mass is 364 g/mol. The molecule has 0 aliphatic carbocycles. The number of nitrogens with one attached hydrogen (secondary N) is 2. The third-order valence-electron chi connectivity index (χ3n) is 4.23. The first kappa shape index (κ1) is 16.9. The van der Waals surface area contributed by atoms with Crippen molar-refractivity contribution in [3.63, 3.8) is 0 Å². The van der Waals surface area contributed by atoms with Crippen molar-refractivity contribution < 1.29 is 9.13 Å². The lowest BCUT2D eigenvalue weighted by atomic mass is 10.1. The summed E-state index contributed by atoms with van der Waals surface area (Å²) in [6.07, 6.45) is 7.09. The highest BCUT2D eigenvalue weighted by Crippen LogP contribution is 2.21. The molecule has 0 radical (unpaired) electrons. The molecule has 0 fully saturated rings. The predicted molar refractivity (Wildman–Crippen MR) is 99.0 cm³/mol. The van der Waals surface area contributed by atoms with Crippen molar-refractivity contribution in [2.45, 2.75) is 13.0 Å². The van der Waals surface area contributed by atoms with Crippen molar-refractivity contribution in [3.05, 3.63) is 71.8 Å². The van der Waals surface area contributed by atoms with Crippen LogP contribution in [0.1, 0.15) is 16.7 Å². The summed E-state index contributed by atoms with van der Waals surface area (Å²) in [5, 5.41) is 3.99. The van der Waals surface area contributed by atoms with Gasteiger partial charge in [-0.3, -0.25) is 0 Å². The number of pyridine rings is 2. The summed E-state index contributed by atoms with van der Waals surface area (Å²) in [7, 11) is 1.56. The van der Waals surface area contributed by atoms with Gasteiger partial charge in [0.2, 0.25) is 11.8 Å². The number of nitrogens with zero attached hydrogens (tertiary/aromatic N) is 4. The summed E-state index contributed by atoms with van der Waals surface area (Å²) in [4.78, 5) is 19.3. The minimum Gasteiger partial charge on any atom is -0.481 e. The van der Waals surface area contributed by atoms with E-state index in [9.17, 15) is 4.39 Å². The van der Waals surface area contributed by atoms with Crippen molar-refractivity contribution >= 4 is 16.9 Å². The fraction of sp³-hybridized carbons (Fsp3) is 0.158. The van der Waals surface area contributed by atoms with Gasteiger partial charge in [-0.05, 0) is 23.3 Å². The molecule has 0 aliphatic heterocycles. The second-order valence-electron chi connectivity index (χ2n) is 5.98.